The molecule has 0 unspecified atom stereocenters. The summed E-state index contributed by atoms with van der Waals surface area (Å²) in [6, 6.07) is 16.9. The van der Waals surface area contributed by atoms with Crippen LogP contribution in [0.4, 0.5) is 11.8 Å². The van der Waals surface area contributed by atoms with Crippen molar-refractivity contribution in [1.29, 1.82) is 0 Å². The summed E-state index contributed by atoms with van der Waals surface area (Å²) in [6.45, 7) is 3.61. The Bertz CT molecular complexity index is 1300. The van der Waals surface area contributed by atoms with Gasteiger partial charge in [0.25, 0.3) is 0 Å². The fraction of sp³-hybridized carbons (Fsp3) is 0.167. The second-order valence-corrected chi connectivity index (χ2v) is 7.56. The monoisotopic (exact) mass is 396 g/mol. The van der Waals surface area contributed by atoms with Crippen molar-refractivity contribution in [2.75, 3.05) is 17.2 Å². The second-order valence-electron chi connectivity index (χ2n) is 7.56. The molecule has 5 aromatic rings. The number of hydrogen-bond acceptors (Lipinski definition) is 4. The van der Waals surface area contributed by atoms with Crippen molar-refractivity contribution in [2.45, 2.75) is 19.9 Å². The van der Waals surface area contributed by atoms with E-state index in [-0.39, 0.29) is 0 Å². The van der Waals surface area contributed by atoms with Gasteiger partial charge in [-0.2, -0.15) is 4.98 Å². The van der Waals surface area contributed by atoms with Gasteiger partial charge in [0.2, 0.25) is 5.95 Å². The molecular formula is C24H24N6. The lowest BCUT2D eigenvalue weighted by Gasteiger charge is -2.09. The van der Waals surface area contributed by atoms with Crippen molar-refractivity contribution in [2.24, 2.45) is 0 Å². The summed E-state index contributed by atoms with van der Waals surface area (Å²) in [5.41, 5.74) is 6.11. The maximum absolute atomic E-state index is 4.59. The molecule has 0 bridgehead atoms. The van der Waals surface area contributed by atoms with Crippen LogP contribution in [0, 0.1) is 6.92 Å². The number of aromatic nitrogens is 4. The Balaban J connectivity index is 1.19. The standard InChI is InChI=1S/C24H24N6/c1-16-2-4-22-20(12-16)19(15-28-22)7-10-26-23-8-11-27-24(30-23)29-14-17-3-5-21-18(13-17)6-9-25-21/h2-6,8-9,11-13,15,25,28H,7,10,14H2,1H3,(H2,26,27,29,30). The van der Waals surface area contributed by atoms with Gasteiger partial charge >= 0.3 is 0 Å². The van der Waals surface area contributed by atoms with Crippen LogP contribution in [0.5, 0.6) is 0 Å². The fourth-order valence-electron chi connectivity index (χ4n) is 3.76. The maximum atomic E-state index is 4.59. The molecule has 2 aromatic carbocycles. The molecule has 0 radical (unpaired) electrons. The third-order valence-corrected chi connectivity index (χ3v) is 5.35. The number of aromatic amines is 2. The lowest BCUT2D eigenvalue weighted by atomic mass is 10.1. The molecule has 0 spiro atoms. The molecule has 5 rings (SSSR count). The van der Waals surface area contributed by atoms with Gasteiger partial charge in [-0.05, 0) is 66.3 Å². The lowest BCUT2D eigenvalue weighted by molar-refractivity contribution is 0.997. The van der Waals surface area contributed by atoms with Gasteiger partial charge in [0, 0.05) is 48.1 Å². The number of hydrogen-bond donors (Lipinski definition) is 4. The molecular weight excluding hydrogens is 372 g/mol. The topological polar surface area (TPSA) is 81.4 Å². The van der Waals surface area contributed by atoms with Crippen molar-refractivity contribution in [3.8, 4) is 0 Å². The summed E-state index contributed by atoms with van der Waals surface area (Å²) in [5, 5.41) is 9.23. The molecule has 30 heavy (non-hydrogen) atoms. The van der Waals surface area contributed by atoms with E-state index >= 15 is 0 Å². The Kier molecular flexibility index (Phi) is 4.81. The highest BCUT2D eigenvalue weighted by molar-refractivity contribution is 5.84. The van der Waals surface area contributed by atoms with Crippen molar-refractivity contribution in [1.82, 2.24) is 19.9 Å². The van der Waals surface area contributed by atoms with E-state index in [4.69, 9.17) is 0 Å². The molecule has 0 aliphatic heterocycles. The van der Waals surface area contributed by atoms with Crippen LogP contribution in [0.15, 0.2) is 67.1 Å². The first-order chi connectivity index (χ1) is 14.7. The number of fused-ring (bicyclic) bond motifs is 2. The average Bonchev–Trinajstić information content (AvgIpc) is 3.39. The zero-order valence-electron chi connectivity index (χ0n) is 16.9. The molecule has 0 saturated heterocycles. The van der Waals surface area contributed by atoms with E-state index in [1.807, 2.05) is 12.3 Å². The van der Waals surface area contributed by atoms with E-state index in [1.165, 1.54) is 33.0 Å². The van der Waals surface area contributed by atoms with E-state index in [0.717, 1.165) is 24.3 Å². The normalized spacial score (nSPS) is 11.2. The van der Waals surface area contributed by atoms with E-state index < -0.39 is 0 Å². The highest BCUT2D eigenvalue weighted by atomic mass is 15.1. The van der Waals surface area contributed by atoms with Crippen LogP contribution in [0.25, 0.3) is 21.8 Å². The van der Waals surface area contributed by atoms with E-state index in [2.05, 4.69) is 86.2 Å². The largest absolute Gasteiger partial charge is 0.370 e. The number of anilines is 2. The summed E-state index contributed by atoms with van der Waals surface area (Å²) in [4.78, 5) is 15.5. The van der Waals surface area contributed by atoms with Crippen molar-refractivity contribution < 1.29 is 0 Å². The predicted octanol–water partition coefficient (Wildman–Crippen LogP) is 5.01. The smallest absolute Gasteiger partial charge is 0.224 e. The minimum absolute atomic E-state index is 0.622. The molecule has 0 amide bonds. The molecule has 0 aliphatic rings. The highest BCUT2D eigenvalue weighted by Crippen LogP contribution is 2.20. The van der Waals surface area contributed by atoms with Crippen LogP contribution < -0.4 is 10.6 Å². The molecule has 150 valence electrons. The van der Waals surface area contributed by atoms with Gasteiger partial charge < -0.3 is 20.6 Å². The predicted molar refractivity (Wildman–Crippen MR) is 123 cm³/mol. The van der Waals surface area contributed by atoms with Gasteiger partial charge in [-0.3, -0.25) is 0 Å². The highest BCUT2D eigenvalue weighted by Gasteiger charge is 2.05. The Labute approximate surface area is 174 Å². The fourth-order valence-corrected chi connectivity index (χ4v) is 3.76. The van der Waals surface area contributed by atoms with Crippen molar-refractivity contribution >= 4 is 33.6 Å². The lowest BCUT2D eigenvalue weighted by Crippen LogP contribution is -2.09. The van der Waals surface area contributed by atoms with E-state index in [1.54, 1.807) is 6.20 Å². The Morgan fingerprint density at radius 3 is 2.83 bits per heavy atom. The SMILES string of the molecule is Cc1ccc2[nH]cc(CCNc3ccnc(NCc4ccc5[nH]ccc5c4)n3)c2c1. The third-order valence-electron chi connectivity index (χ3n) is 5.35. The molecule has 6 heteroatoms. The van der Waals surface area contributed by atoms with Crippen LogP contribution in [-0.4, -0.2) is 26.5 Å². The minimum atomic E-state index is 0.622. The Hall–Kier alpha value is -3.80. The summed E-state index contributed by atoms with van der Waals surface area (Å²) >= 11 is 0. The van der Waals surface area contributed by atoms with Gasteiger partial charge in [0.05, 0.1) is 0 Å². The van der Waals surface area contributed by atoms with Crippen LogP contribution in [0.2, 0.25) is 0 Å². The first kappa shape index (κ1) is 18.2. The van der Waals surface area contributed by atoms with E-state index in [0.29, 0.717) is 12.5 Å². The van der Waals surface area contributed by atoms with Crippen LogP contribution in [0.3, 0.4) is 0 Å². The van der Waals surface area contributed by atoms with Crippen LogP contribution >= 0.6 is 0 Å². The number of nitrogens with zero attached hydrogens (tertiary/aromatic N) is 2. The summed E-state index contributed by atoms with van der Waals surface area (Å²) in [5.74, 6) is 1.45. The number of H-pyrrole nitrogens is 2. The summed E-state index contributed by atoms with van der Waals surface area (Å²) in [6.07, 6.45) is 6.76. The zero-order chi connectivity index (χ0) is 20.3. The van der Waals surface area contributed by atoms with Crippen molar-refractivity contribution in [3.05, 3.63) is 83.8 Å². The second kappa shape index (κ2) is 7.91. The number of rotatable bonds is 7. The molecule has 0 atom stereocenters. The molecule has 3 aromatic heterocycles. The molecule has 0 aliphatic carbocycles. The van der Waals surface area contributed by atoms with Crippen LogP contribution in [0.1, 0.15) is 16.7 Å². The Morgan fingerprint density at radius 1 is 0.933 bits per heavy atom. The quantitative estimate of drug-likeness (QED) is 0.312. The van der Waals surface area contributed by atoms with Gasteiger partial charge in [-0.1, -0.05) is 17.7 Å². The third kappa shape index (κ3) is 3.85. The van der Waals surface area contributed by atoms with Crippen LogP contribution in [-0.2, 0) is 13.0 Å². The first-order valence-electron chi connectivity index (χ1n) is 10.2. The number of aryl methyl sites for hydroxylation is 1. The maximum Gasteiger partial charge on any atom is 0.224 e. The van der Waals surface area contributed by atoms with Gasteiger partial charge in [0.1, 0.15) is 5.82 Å². The van der Waals surface area contributed by atoms with Gasteiger partial charge in [-0.15, -0.1) is 0 Å². The Morgan fingerprint density at radius 2 is 1.87 bits per heavy atom. The molecule has 3 heterocycles. The molecule has 4 N–H and O–H groups in total. The number of benzene rings is 2. The zero-order valence-corrected chi connectivity index (χ0v) is 16.9. The minimum Gasteiger partial charge on any atom is -0.370 e. The molecule has 0 fully saturated rings. The summed E-state index contributed by atoms with van der Waals surface area (Å²) in [7, 11) is 0. The first-order valence-corrected chi connectivity index (χ1v) is 10.2. The van der Waals surface area contributed by atoms with Gasteiger partial charge in [0.15, 0.2) is 0 Å². The molecule has 0 saturated carbocycles. The van der Waals surface area contributed by atoms with Gasteiger partial charge in [-0.25, -0.2) is 4.98 Å². The average molecular weight is 396 g/mol. The molecule has 6 nitrogen and oxygen atoms in total. The summed E-state index contributed by atoms with van der Waals surface area (Å²) < 4.78 is 0. The van der Waals surface area contributed by atoms with Crippen molar-refractivity contribution in [3.63, 3.8) is 0 Å². The number of nitrogens with one attached hydrogen (secondary N) is 4. The van der Waals surface area contributed by atoms with E-state index in [9.17, 15) is 0 Å².